The highest BCUT2D eigenvalue weighted by atomic mass is 16.5. The number of ether oxygens (including phenoxy) is 1. The fourth-order valence-electron chi connectivity index (χ4n) is 3.57. The van der Waals surface area contributed by atoms with Crippen LogP contribution in [-0.4, -0.2) is 18.8 Å². The van der Waals surface area contributed by atoms with Crippen molar-refractivity contribution in [2.45, 2.75) is 78.9 Å². The smallest absolute Gasteiger partial charge is 0.0792 e. The van der Waals surface area contributed by atoms with Crippen LogP contribution >= 0.6 is 0 Å². The highest BCUT2D eigenvalue weighted by Gasteiger charge is 2.38. The van der Waals surface area contributed by atoms with Crippen molar-refractivity contribution in [2.24, 2.45) is 23.1 Å². The van der Waals surface area contributed by atoms with E-state index in [0.29, 0.717) is 5.92 Å². The zero-order valence-electron chi connectivity index (χ0n) is 13.5. The van der Waals surface area contributed by atoms with Crippen molar-refractivity contribution in [3.63, 3.8) is 0 Å². The quantitative estimate of drug-likeness (QED) is 0.574. The summed E-state index contributed by atoms with van der Waals surface area (Å²) in [5.74, 6) is 7.41. The summed E-state index contributed by atoms with van der Waals surface area (Å²) in [6.07, 6.45) is 6.78. The van der Waals surface area contributed by atoms with Crippen molar-refractivity contribution in [3.8, 4) is 0 Å². The minimum absolute atomic E-state index is 0.117. The van der Waals surface area contributed by atoms with E-state index in [-0.39, 0.29) is 17.6 Å². The average Bonchev–Trinajstić information content (AvgIpc) is 2.38. The molecule has 0 amide bonds. The summed E-state index contributed by atoms with van der Waals surface area (Å²) in [5.41, 5.74) is 3.20. The first-order chi connectivity index (χ1) is 8.93. The van der Waals surface area contributed by atoms with Crippen molar-refractivity contribution >= 4 is 0 Å². The molecule has 0 aromatic carbocycles. The van der Waals surface area contributed by atoms with E-state index < -0.39 is 0 Å². The molecule has 1 aliphatic rings. The minimum Gasteiger partial charge on any atom is -0.376 e. The predicted octanol–water partition coefficient (Wildman–Crippen LogP) is 3.49. The van der Waals surface area contributed by atoms with Gasteiger partial charge in [-0.25, -0.2) is 0 Å². The molecule has 0 aliphatic heterocycles. The lowest BCUT2D eigenvalue weighted by molar-refractivity contribution is -0.0551. The lowest BCUT2D eigenvalue weighted by Crippen LogP contribution is -2.55. The van der Waals surface area contributed by atoms with Gasteiger partial charge in [-0.2, -0.15) is 0 Å². The maximum absolute atomic E-state index is 6.04. The zero-order valence-corrected chi connectivity index (χ0v) is 13.5. The molecule has 1 fully saturated rings. The van der Waals surface area contributed by atoms with Gasteiger partial charge < -0.3 is 4.74 Å². The van der Waals surface area contributed by atoms with Crippen molar-refractivity contribution in [3.05, 3.63) is 0 Å². The fraction of sp³-hybridized carbons (Fsp3) is 1.00. The lowest BCUT2D eigenvalue weighted by Gasteiger charge is -2.42. The van der Waals surface area contributed by atoms with Gasteiger partial charge in [0.1, 0.15) is 0 Å². The van der Waals surface area contributed by atoms with Crippen LogP contribution in [0.25, 0.3) is 0 Å². The maximum atomic E-state index is 6.04. The standard InChI is InChI=1S/C16H34N2O/c1-6-12-9-8-10-13(11-12)14(18-17)15(19-7-2)16(3,4)5/h12-15,18H,6-11,17H2,1-5H3. The van der Waals surface area contributed by atoms with Crippen LogP contribution < -0.4 is 11.3 Å². The van der Waals surface area contributed by atoms with Gasteiger partial charge in [-0.05, 0) is 37.0 Å². The normalized spacial score (nSPS) is 28.1. The summed E-state index contributed by atoms with van der Waals surface area (Å²) in [6.45, 7) is 11.9. The monoisotopic (exact) mass is 270 g/mol. The van der Waals surface area contributed by atoms with E-state index in [9.17, 15) is 0 Å². The first kappa shape index (κ1) is 16.9. The van der Waals surface area contributed by atoms with Gasteiger partial charge >= 0.3 is 0 Å². The van der Waals surface area contributed by atoms with E-state index in [1.165, 1.54) is 32.1 Å². The molecule has 4 atom stereocenters. The SMILES string of the molecule is CCOC(C(NN)C1CCCC(CC)C1)C(C)(C)C. The molecule has 3 N–H and O–H groups in total. The number of rotatable bonds is 6. The Morgan fingerprint density at radius 3 is 2.42 bits per heavy atom. The molecule has 114 valence electrons. The van der Waals surface area contributed by atoms with Gasteiger partial charge in [-0.1, -0.05) is 47.0 Å². The summed E-state index contributed by atoms with van der Waals surface area (Å²) in [4.78, 5) is 0. The predicted molar refractivity (Wildman–Crippen MR) is 81.7 cm³/mol. The molecule has 0 bridgehead atoms. The molecule has 19 heavy (non-hydrogen) atoms. The number of nitrogens with one attached hydrogen (secondary N) is 1. The molecule has 3 heteroatoms. The third kappa shape index (κ3) is 4.73. The Morgan fingerprint density at radius 1 is 1.26 bits per heavy atom. The molecule has 1 rings (SSSR count). The molecule has 1 aliphatic carbocycles. The lowest BCUT2D eigenvalue weighted by atomic mass is 9.72. The Kier molecular flexibility index (Phi) is 6.78. The molecular weight excluding hydrogens is 236 g/mol. The van der Waals surface area contributed by atoms with Crippen molar-refractivity contribution in [1.29, 1.82) is 0 Å². The van der Waals surface area contributed by atoms with E-state index in [4.69, 9.17) is 10.6 Å². The van der Waals surface area contributed by atoms with Crippen LogP contribution in [0.4, 0.5) is 0 Å². The van der Waals surface area contributed by atoms with Crippen LogP contribution in [0.1, 0.15) is 66.7 Å². The summed E-state index contributed by atoms with van der Waals surface area (Å²) in [5, 5.41) is 0. The highest BCUT2D eigenvalue weighted by molar-refractivity contribution is 4.92. The van der Waals surface area contributed by atoms with E-state index in [1.54, 1.807) is 0 Å². The Balaban J connectivity index is 2.78. The summed E-state index contributed by atoms with van der Waals surface area (Å²) in [7, 11) is 0. The number of hydrogen-bond donors (Lipinski definition) is 2. The zero-order chi connectivity index (χ0) is 14.5. The van der Waals surface area contributed by atoms with Gasteiger partial charge in [0.15, 0.2) is 0 Å². The van der Waals surface area contributed by atoms with Crippen molar-refractivity contribution < 1.29 is 4.74 Å². The minimum atomic E-state index is 0.117. The molecule has 3 nitrogen and oxygen atoms in total. The third-order valence-corrected chi connectivity index (χ3v) is 4.63. The Hall–Kier alpha value is -0.120. The van der Waals surface area contributed by atoms with Gasteiger partial charge in [0.2, 0.25) is 0 Å². The second-order valence-corrected chi connectivity index (χ2v) is 7.14. The van der Waals surface area contributed by atoms with Crippen molar-refractivity contribution in [2.75, 3.05) is 6.61 Å². The van der Waals surface area contributed by atoms with Gasteiger partial charge in [-0.3, -0.25) is 11.3 Å². The average molecular weight is 270 g/mol. The van der Waals surface area contributed by atoms with Gasteiger partial charge in [0, 0.05) is 6.61 Å². The first-order valence-corrected chi connectivity index (χ1v) is 8.01. The van der Waals surface area contributed by atoms with E-state index in [2.05, 4.69) is 40.0 Å². The van der Waals surface area contributed by atoms with Gasteiger partial charge in [0.25, 0.3) is 0 Å². The largest absolute Gasteiger partial charge is 0.376 e. The van der Waals surface area contributed by atoms with Crippen LogP contribution in [-0.2, 0) is 4.74 Å². The molecule has 1 saturated carbocycles. The summed E-state index contributed by atoms with van der Waals surface area (Å²) in [6, 6.07) is 0.272. The Morgan fingerprint density at radius 2 is 1.95 bits per heavy atom. The second kappa shape index (κ2) is 7.61. The van der Waals surface area contributed by atoms with E-state index in [0.717, 1.165) is 12.5 Å². The number of hydrazine groups is 1. The topological polar surface area (TPSA) is 47.3 Å². The summed E-state index contributed by atoms with van der Waals surface area (Å²) >= 11 is 0. The molecule has 0 aromatic heterocycles. The summed E-state index contributed by atoms with van der Waals surface area (Å²) < 4.78 is 6.04. The maximum Gasteiger partial charge on any atom is 0.0792 e. The third-order valence-electron chi connectivity index (χ3n) is 4.63. The van der Waals surface area contributed by atoms with Gasteiger partial charge in [-0.15, -0.1) is 0 Å². The van der Waals surface area contributed by atoms with Crippen LogP contribution in [0.2, 0.25) is 0 Å². The fourth-order valence-corrected chi connectivity index (χ4v) is 3.57. The van der Waals surface area contributed by atoms with Crippen LogP contribution in [0.5, 0.6) is 0 Å². The van der Waals surface area contributed by atoms with Crippen LogP contribution in [0.15, 0.2) is 0 Å². The molecule has 4 unspecified atom stereocenters. The molecule has 0 aromatic rings. The molecular formula is C16H34N2O. The second-order valence-electron chi connectivity index (χ2n) is 7.14. The molecule has 0 radical (unpaired) electrons. The number of nitrogens with two attached hydrogens (primary N) is 1. The van der Waals surface area contributed by atoms with E-state index >= 15 is 0 Å². The highest BCUT2D eigenvalue weighted by Crippen LogP contribution is 2.37. The van der Waals surface area contributed by atoms with Crippen LogP contribution in [0, 0.1) is 17.3 Å². The Bertz CT molecular complexity index is 250. The molecule has 0 saturated heterocycles. The number of hydrogen-bond acceptors (Lipinski definition) is 3. The molecule has 0 heterocycles. The van der Waals surface area contributed by atoms with Gasteiger partial charge in [0.05, 0.1) is 12.1 Å². The first-order valence-electron chi connectivity index (χ1n) is 8.01. The molecule has 0 spiro atoms. The van der Waals surface area contributed by atoms with Crippen LogP contribution in [0.3, 0.4) is 0 Å². The van der Waals surface area contributed by atoms with Crippen molar-refractivity contribution in [1.82, 2.24) is 5.43 Å². The van der Waals surface area contributed by atoms with E-state index in [1.807, 2.05) is 0 Å². The Labute approximate surface area is 119 Å².